The van der Waals surface area contributed by atoms with Crippen molar-refractivity contribution in [1.82, 2.24) is 10.6 Å². The number of aliphatic imine (C=N–C) groups is 1. The van der Waals surface area contributed by atoms with Gasteiger partial charge in [-0.05, 0) is 37.7 Å². The predicted octanol–water partition coefficient (Wildman–Crippen LogP) is 3.50. The summed E-state index contributed by atoms with van der Waals surface area (Å²) < 4.78 is 0.982. The molecule has 0 aromatic carbocycles. The Balaban J connectivity index is 0.00000242. The third-order valence-corrected chi connectivity index (χ3v) is 6.41. The monoisotopic (exact) mass is 475 g/mol. The number of hydrogen-bond acceptors (Lipinski definition) is 4. The van der Waals surface area contributed by atoms with Gasteiger partial charge in [0, 0.05) is 29.8 Å². The van der Waals surface area contributed by atoms with Crippen molar-refractivity contribution in [2.24, 2.45) is 4.99 Å². The summed E-state index contributed by atoms with van der Waals surface area (Å²) in [6, 6.07) is 3.65. The van der Waals surface area contributed by atoms with E-state index in [1.165, 1.54) is 29.9 Å². The molecule has 0 saturated carbocycles. The molecule has 22 heavy (non-hydrogen) atoms. The first-order valence-corrected chi connectivity index (χ1v) is 9.22. The lowest BCUT2D eigenvalue weighted by molar-refractivity contribution is 0.184. The highest BCUT2D eigenvalue weighted by molar-refractivity contribution is 14.0. The zero-order valence-corrected chi connectivity index (χ0v) is 17.5. The third-order valence-electron chi connectivity index (χ3n) is 3.54. The molecule has 4 nitrogen and oxygen atoms in total. The number of guanidine groups is 1. The van der Waals surface area contributed by atoms with E-state index in [2.05, 4.69) is 22.5 Å². The molecular weight excluding hydrogens is 453 g/mol. The lowest BCUT2D eigenvalue weighted by atomic mass is 10.1. The SMILES string of the molecule is CN=C(NCC(O)c1ccc(Cl)s1)NCC1(C)CCCS1.I. The minimum absolute atomic E-state index is 0. The normalized spacial score (nSPS) is 23.0. The minimum atomic E-state index is -0.572. The van der Waals surface area contributed by atoms with Gasteiger partial charge in [0.15, 0.2) is 5.96 Å². The van der Waals surface area contributed by atoms with Crippen LogP contribution in [0.2, 0.25) is 4.34 Å². The van der Waals surface area contributed by atoms with E-state index in [9.17, 15) is 5.11 Å². The number of aliphatic hydroxyl groups is 1. The Labute approximate surface area is 162 Å². The number of nitrogens with zero attached hydrogens (tertiary/aromatic N) is 1. The summed E-state index contributed by atoms with van der Waals surface area (Å²) in [5.41, 5.74) is 0. The molecular formula is C14H23ClIN3OS2. The number of hydrogen-bond donors (Lipinski definition) is 3. The Bertz CT molecular complexity index is 492. The number of aliphatic hydroxyl groups excluding tert-OH is 1. The van der Waals surface area contributed by atoms with Gasteiger partial charge < -0.3 is 15.7 Å². The van der Waals surface area contributed by atoms with Gasteiger partial charge in [-0.2, -0.15) is 11.8 Å². The van der Waals surface area contributed by atoms with Crippen LogP contribution in [0, 0.1) is 0 Å². The van der Waals surface area contributed by atoms with Crippen LogP contribution in [0.4, 0.5) is 0 Å². The van der Waals surface area contributed by atoms with Gasteiger partial charge in [-0.3, -0.25) is 4.99 Å². The molecule has 1 saturated heterocycles. The van der Waals surface area contributed by atoms with E-state index >= 15 is 0 Å². The molecule has 1 aromatic rings. The number of halogens is 2. The van der Waals surface area contributed by atoms with Crippen LogP contribution < -0.4 is 10.6 Å². The second-order valence-corrected chi connectivity index (χ2v) is 8.80. The van der Waals surface area contributed by atoms with Crippen molar-refractivity contribution in [2.45, 2.75) is 30.6 Å². The molecule has 1 aliphatic heterocycles. The van der Waals surface area contributed by atoms with Crippen LogP contribution in [0.25, 0.3) is 0 Å². The summed E-state index contributed by atoms with van der Waals surface area (Å²) in [4.78, 5) is 5.06. The summed E-state index contributed by atoms with van der Waals surface area (Å²) >= 11 is 9.29. The first-order valence-electron chi connectivity index (χ1n) is 7.04. The molecule has 0 spiro atoms. The molecule has 1 aliphatic rings. The summed E-state index contributed by atoms with van der Waals surface area (Å²) in [7, 11) is 1.74. The van der Waals surface area contributed by atoms with Crippen LogP contribution in [0.15, 0.2) is 17.1 Å². The molecule has 0 bridgehead atoms. The molecule has 126 valence electrons. The first-order chi connectivity index (χ1) is 10.0. The average molecular weight is 476 g/mol. The fourth-order valence-electron chi connectivity index (χ4n) is 2.27. The Kier molecular flexibility index (Phi) is 8.84. The highest BCUT2D eigenvalue weighted by Gasteiger charge is 2.29. The second kappa shape index (κ2) is 9.56. The number of thioether (sulfide) groups is 1. The van der Waals surface area contributed by atoms with Crippen LogP contribution in [-0.2, 0) is 0 Å². The topological polar surface area (TPSA) is 56.7 Å². The van der Waals surface area contributed by atoms with Crippen LogP contribution in [-0.4, -0.2) is 41.7 Å². The molecule has 2 unspecified atom stereocenters. The zero-order chi connectivity index (χ0) is 15.3. The molecule has 2 rings (SSSR count). The maximum absolute atomic E-state index is 10.1. The van der Waals surface area contributed by atoms with Crippen LogP contribution in [0.1, 0.15) is 30.7 Å². The van der Waals surface area contributed by atoms with Crippen molar-refractivity contribution >= 4 is 64.6 Å². The number of rotatable bonds is 5. The van der Waals surface area contributed by atoms with Crippen molar-refractivity contribution in [1.29, 1.82) is 0 Å². The van der Waals surface area contributed by atoms with Gasteiger partial charge in [0.2, 0.25) is 0 Å². The van der Waals surface area contributed by atoms with Crippen molar-refractivity contribution in [3.05, 3.63) is 21.3 Å². The molecule has 2 heterocycles. The maximum atomic E-state index is 10.1. The first kappa shape index (κ1) is 20.3. The van der Waals surface area contributed by atoms with E-state index in [1.807, 2.05) is 17.8 Å². The quantitative estimate of drug-likeness (QED) is 0.347. The Morgan fingerprint density at radius 2 is 2.27 bits per heavy atom. The standard InChI is InChI=1S/C14H22ClN3OS2.HI/c1-14(6-3-7-20-14)9-18-13(16-2)17-8-10(19)11-4-5-12(15)21-11;/h4-5,10,19H,3,6-9H2,1-2H3,(H2,16,17,18);1H. The van der Waals surface area contributed by atoms with Gasteiger partial charge in [-0.15, -0.1) is 35.3 Å². The Morgan fingerprint density at radius 3 is 2.82 bits per heavy atom. The largest absolute Gasteiger partial charge is 0.386 e. The lowest BCUT2D eigenvalue weighted by Crippen LogP contribution is -2.44. The summed E-state index contributed by atoms with van der Waals surface area (Å²) in [5, 5.41) is 16.6. The molecule has 2 atom stereocenters. The van der Waals surface area contributed by atoms with Crippen LogP contribution in [0.3, 0.4) is 0 Å². The number of thiophene rings is 1. The van der Waals surface area contributed by atoms with E-state index in [-0.39, 0.29) is 28.7 Å². The van der Waals surface area contributed by atoms with Crippen molar-refractivity contribution < 1.29 is 5.11 Å². The lowest BCUT2D eigenvalue weighted by Gasteiger charge is -2.24. The van der Waals surface area contributed by atoms with E-state index in [1.54, 1.807) is 13.1 Å². The molecule has 0 aliphatic carbocycles. The second-order valence-electron chi connectivity index (χ2n) is 5.37. The summed E-state index contributed by atoms with van der Waals surface area (Å²) in [6.07, 6.45) is 1.95. The third kappa shape index (κ3) is 6.07. The minimum Gasteiger partial charge on any atom is -0.386 e. The number of nitrogens with one attached hydrogen (secondary N) is 2. The predicted molar refractivity (Wildman–Crippen MR) is 109 cm³/mol. The fraction of sp³-hybridized carbons (Fsp3) is 0.643. The molecule has 0 amide bonds. The van der Waals surface area contributed by atoms with Gasteiger partial charge in [-0.25, -0.2) is 0 Å². The maximum Gasteiger partial charge on any atom is 0.191 e. The highest BCUT2D eigenvalue weighted by atomic mass is 127. The van der Waals surface area contributed by atoms with Crippen molar-refractivity contribution in [2.75, 3.05) is 25.9 Å². The van der Waals surface area contributed by atoms with E-state index in [4.69, 9.17) is 11.6 Å². The Morgan fingerprint density at radius 1 is 1.50 bits per heavy atom. The summed E-state index contributed by atoms with van der Waals surface area (Å²) in [6.45, 7) is 3.59. The molecule has 0 radical (unpaired) electrons. The fourth-order valence-corrected chi connectivity index (χ4v) is 4.56. The van der Waals surface area contributed by atoms with Gasteiger partial charge in [0.1, 0.15) is 6.10 Å². The highest BCUT2D eigenvalue weighted by Crippen LogP contribution is 2.36. The smallest absolute Gasteiger partial charge is 0.191 e. The van der Waals surface area contributed by atoms with Crippen LogP contribution >= 0.6 is 58.7 Å². The zero-order valence-electron chi connectivity index (χ0n) is 12.8. The Hall–Kier alpha value is 0.300. The van der Waals surface area contributed by atoms with Gasteiger partial charge in [0.05, 0.1) is 4.34 Å². The molecule has 3 N–H and O–H groups in total. The van der Waals surface area contributed by atoms with Gasteiger partial charge in [0.25, 0.3) is 0 Å². The van der Waals surface area contributed by atoms with Crippen molar-refractivity contribution in [3.63, 3.8) is 0 Å². The summed E-state index contributed by atoms with van der Waals surface area (Å²) in [5.74, 6) is 1.97. The molecule has 1 fully saturated rings. The average Bonchev–Trinajstić information content (AvgIpc) is 3.08. The van der Waals surface area contributed by atoms with Gasteiger partial charge in [-0.1, -0.05) is 11.6 Å². The van der Waals surface area contributed by atoms with E-state index in [0.29, 0.717) is 10.9 Å². The van der Waals surface area contributed by atoms with E-state index in [0.717, 1.165) is 17.4 Å². The molecule has 8 heteroatoms. The van der Waals surface area contributed by atoms with E-state index < -0.39 is 6.10 Å². The van der Waals surface area contributed by atoms with Crippen LogP contribution in [0.5, 0.6) is 0 Å². The molecule has 1 aromatic heterocycles. The van der Waals surface area contributed by atoms with Gasteiger partial charge >= 0.3 is 0 Å². The van der Waals surface area contributed by atoms with Crippen molar-refractivity contribution in [3.8, 4) is 0 Å².